The molecule has 0 saturated carbocycles. The minimum atomic E-state index is -0.0569. The molecule has 4 aromatic rings. The number of aromatic nitrogens is 5. The van der Waals surface area contributed by atoms with Crippen LogP contribution in [0.25, 0.3) is 21.4 Å². The molecule has 1 amide bonds. The summed E-state index contributed by atoms with van der Waals surface area (Å²) in [6, 6.07) is 5.59. The molecule has 5 heterocycles. The molecule has 0 spiro atoms. The van der Waals surface area contributed by atoms with Crippen LogP contribution in [0.5, 0.6) is 0 Å². The molecule has 0 aromatic carbocycles. The molecule has 0 radical (unpaired) electrons. The highest BCUT2D eigenvalue weighted by atomic mass is 32.1. The monoisotopic (exact) mass is 365 g/mol. The van der Waals surface area contributed by atoms with E-state index in [0.29, 0.717) is 24.4 Å². The zero-order valence-electron chi connectivity index (χ0n) is 13.8. The quantitative estimate of drug-likeness (QED) is 0.584. The molecule has 1 aliphatic heterocycles. The van der Waals surface area contributed by atoms with Crippen LogP contribution in [0.4, 0.5) is 5.82 Å². The van der Waals surface area contributed by atoms with Gasteiger partial charge in [0.1, 0.15) is 17.8 Å². The number of hydrogen-bond acceptors (Lipinski definition) is 7. The molecule has 0 unspecified atom stereocenters. The zero-order valence-corrected chi connectivity index (χ0v) is 14.6. The molecule has 1 fully saturated rings. The van der Waals surface area contributed by atoms with E-state index >= 15 is 0 Å². The normalized spacial score (nSPS) is 15.1. The van der Waals surface area contributed by atoms with Crippen molar-refractivity contribution in [1.29, 1.82) is 0 Å². The van der Waals surface area contributed by atoms with Gasteiger partial charge in [-0.2, -0.15) is 0 Å². The lowest BCUT2D eigenvalue weighted by atomic mass is 10.2. The van der Waals surface area contributed by atoms with Crippen molar-refractivity contribution in [3.8, 4) is 0 Å². The van der Waals surface area contributed by atoms with Gasteiger partial charge in [-0.15, -0.1) is 11.3 Å². The summed E-state index contributed by atoms with van der Waals surface area (Å²) in [6.45, 7) is 2.74. The van der Waals surface area contributed by atoms with Gasteiger partial charge in [-0.05, 0) is 23.6 Å². The number of fused-ring (bicyclic) bond motifs is 2. The Labute approximate surface area is 152 Å². The van der Waals surface area contributed by atoms with E-state index in [0.717, 1.165) is 34.6 Å². The lowest BCUT2D eigenvalue weighted by Crippen LogP contribution is -2.49. The topological polar surface area (TPSA) is 90.9 Å². The molecule has 0 aliphatic carbocycles. The number of anilines is 1. The number of carbonyl (C=O) groups is 1. The number of rotatable bonds is 2. The zero-order chi connectivity index (χ0) is 17.5. The van der Waals surface area contributed by atoms with E-state index in [4.69, 9.17) is 0 Å². The predicted octanol–water partition coefficient (Wildman–Crippen LogP) is 1.93. The Morgan fingerprint density at radius 2 is 1.96 bits per heavy atom. The maximum atomic E-state index is 12.8. The molecule has 1 N–H and O–H groups in total. The highest BCUT2D eigenvalue weighted by molar-refractivity contribution is 7.17. The lowest BCUT2D eigenvalue weighted by Gasteiger charge is -2.35. The molecule has 0 bridgehead atoms. The summed E-state index contributed by atoms with van der Waals surface area (Å²) in [4.78, 5) is 37.0. The largest absolute Gasteiger partial charge is 0.352 e. The summed E-state index contributed by atoms with van der Waals surface area (Å²) in [7, 11) is 0. The van der Waals surface area contributed by atoms with E-state index in [-0.39, 0.29) is 5.91 Å². The average molecular weight is 365 g/mol. The van der Waals surface area contributed by atoms with Gasteiger partial charge in [-0.25, -0.2) is 19.9 Å². The third-order valence-corrected chi connectivity index (χ3v) is 5.49. The number of imidazole rings is 1. The lowest BCUT2D eigenvalue weighted by molar-refractivity contribution is 0.0741. The molecule has 1 saturated heterocycles. The molecule has 4 aromatic heterocycles. The second kappa shape index (κ2) is 6.03. The van der Waals surface area contributed by atoms with Crippen LogP contribution in [0, 0.1) is 0 Å². The average Bonchev–Trinajstić information content (AvgIpc) is 3.35. The van der Waals surface area contributed by atoms with Crippen LogP contribution < -0.4 is 4.90 Å². The number of piperazine rings is 1. The highest BCUT2D eigenvalue weighted by Crippen LogP contribution is 2.28. The Bertz CT molecular complexity index is 1100. The van der Waals surface area contributed by atoms with E-state index in [1.54, 1.807) is 30.1 Å². The first-order chi connectivity index (χ1) is 12.8. The summed E-state index contributed by atoms with van der Waals surface area (Å²) >= 11 is 1.65. The van der Waals surface area contributed by atoms with Gasteiger partial charge in [0.15, 0.2) is 5.65 Å². The number of nitrogens with zero attached hydrogens (tertiary/aromatic N) is 6. The smallest absolute Gasteiger partial charge is 0.272 e. The van der Waals surface area contributed by atoms with E-state index in [1.165, 1.54) is 0 Å². The highest BCUT2D eigenvalue weighted by Gasteiger charge is 2.25. The number of carbonyl (C=O) groups excluding carboxylic acids is 1. The molecular formula is C17H15N7OS. The fourth-order valence-electron chi connectivity index (χ4n) is 3.23. The molecule has 8 nitrogen and oxygen atoms in total. The number of hydrogen-bond donors (Lipinski definition) is 1. The summed E-state index contributed by atoms with van der Waals surface area (Å²) in [5, 5.41) is 2.03. The van der Waals surface area contributed by atoms with Gasteiger partial charge in [0.25, 0.3) is 5.91 Å². The minimum absolute atomic E-state index is 0.0569. The summed E-state index contributed by atoms with van der Waals surface area (Å²) in [6.07, 6.45) is 3.18. The van der Waals surface area contributed by atoms with Gasteiger partial charge in [0.05, 0.1) is 22.1 Å². The third kappa shape index (κ3) is 2.48. The van der Waals surface area contributed by atoms with Crippen molar-refractivity contribution in [1.82, 2.24) is 29.8 Å². The molecule has 1 aliphatic rings. The first kappa shape index (κ1) is 15.2. The van der Waals surface area contributed by atoms with Gasteiger partial charge < -0.3 is 14.8 Å². The molecule has 9 heteroatoms. The van der Waals surface area contributed by atoms with Crippen LogP contribution in [0.3, 0.4) is 0 Å². The van der Waals surface area contributed by atoms with Crippen molar-refractivity contribution in [2.24, 2.45) is 0 Å². The third-order valence-electron chi connectivity index (χ3n) is 4.59. The first-order valence-corrected chi connectivity index (χ1v) is 9.20. The maximum Gasteiger partial charge on any atom is 0.272 e. The first-order valence-electron chi connectivity index (χ1n) is 8.32. The van der Waals surface area contributed by atoms with Gasteiger partial charge >= 0.3 is 0 Å². The number of H-pyrrole nitrogens is 1. The van der Waals surface area contributed by atoms with Crippen molar-refractivity contribution in [3.05, 3.63) is 41.9 Å². The number of pyridine rings is 1. The van der Waals surface area contributed by atoms with E-state index < -0.39 is 0 Å². The number of nitrogens with one attached hydrogen (secondary N) is 1. The second-order valence-electron chi connectivity index (χ2n) is 6.08. The summed E-state index contributed by atoms with van der Waals surface area (Å²) in [5.41, 5.74) is 2.79. The molecule has 5 rings (SSSR count). The number of amides is 1. The van der Waals surface area contributed by atoms with Gasteiger partial charge in [0, 0.05) is 26.2 Å². The molecular weight excluding hydrogens is 350 g/mol. The van der Waals surface area contributed by atoms with Gasteiger partial charge in [0.2, 0.25) is 0 Å². The Kier molecular flexibility index (Phi) is 3.52. The van der Waals surface area contributed by atoms with E-state index in [1.807, 2.05) is 22.4 Å². The standard InChI is InChI=1S/C17H15N7OS/c25-17(13-2-1-12-15(22-13)20-9-19-12)24-6-4-23(5-7-24)16-14-11(3-8-26-14)18-10-21-16/h1-3,8-10H,4-7H2,(H,19,20,22). The summed E-state index contributed by atoms with van der Waals surface area (Å²) < 4.78 is 1.10. The van der Waals surface area contributed by atoms with Crippen molar-refractivity contribution in [2.45, 2.75) is 0 Å². The molecule has 26 heavy (non-hydrogen) atoms. The van der Waals surface area contributed by atoms with Gasteiger partial charge in [-0.3, -0.25) is 4.79 Å². The van der Waals surface area contributed by atoms with Crippen molar-refractivity contribution >= 4 is 44.4 Å². The Balaban J connectivity index is 1.33. The second-order valence-corrected chi connectivity index (χ2v) is 7.00. The van der Waals surface area contributed by atoms with Crippen LogP contribution in [-0.4, -0.2) is 61.9 Å². The number of aromatic amines is 1. The Morgan fingerprint density at radius 3 is 2.85 bits per heavy atom. The van der Waals surface area contributed by atoms with Crippen molar-refractivity contribution < 1.29 is 4.79 Å². The van der Waals surface area contributed by atoms with Crippen LogP contribution in [0.2, 0.25) is 0 Å². The minimum Gasteiger partial charge on any atom is -0.352 e. The molecule has 130 valence electrons. The fraction of sp³-hybridized carbons (Fsp3) is 0.235. The molecule has 0 atom stereocenters. The van der Waals surface area contributed by atoms with E-state index in [2.05, 4.69) is 29.8 Å². The Hall–Kier alpha value is -3.07. The van der Waals surface area contributed by atoms with Crippen LogP contribution in [0.1, 0.15) is 10.5 Å². The predicted molar refractivity (Wildman–Crippen MR) is 99.4 cm³/mol. The van der Waals surface area contributed by atoms with Gasteiger partial charge in [-0.1, -0.05) is 0 Å². The summed E-state index contributed by atoms with van der Waals surface area (Å²) in [5.74, 6) is 0.895. The Morgan fingerprint density at radius 1 is 1.08 bits per heavy atom. The van der Waals surface area contributed by atoms with Crippen LogP contribution in [-0.2, 0) is 0 Å². The van der Waals surface area contributed by atoms with Crippen molar-refractivity contribution in [2.75, 3.05) is 31.1 Å². The van der Waals surface area contributed by atoms with Crippen LogP contribution >= 0.6 is 11.3 Å². The number of thiophene rings is 1. The van der Waals surface area contributed by atoms with Crippen molar-refractivity contribution in [3.63, 3.8) is 0 Å². The fourth-order valence-corrected chi connectivity index (χ4v) is 4.09. The SMILES string of the molecule is O=C(c1ccc2[nH]cnc2n1)N1CCN(c2ncnc3ccsc23)CC1. The van der Waals surface area contributed by atoms with Crippen LogP contribution in [0.15, 0.2) is 36.2 Å². The van der Waals surface area contributed by atoms with E-state index in [9.17, 15) is 4.79 Å². The maximum absolute atomic E-state index is 12.8.